The Bertz CT molecular complexity index is 1510. The van der Waals surface area contributed by atoms with E-state index in [0.717, 1.165) is 41.7 Å². The quantitative estimate of drug-likeness (QED) is 0.417. The summed E-state index contributed by atoms with van der Waals surface area (Å²) in [5.41, 5.74) is -3.07. The molecule has 32 heavy (non-hydrogen) atoms. The number of H-pyrrole nitrogens is 1. The van der Waals surface area contributed by atoms with E-state index in [4.69, 9.17) is 16.3 Å². The highest BCUT2D eigenvalue weighted by atomic mass is 35.5. The van der Waals surface area contributed by atoms with Gasteiger partial charge in [-0.2, -0.15) is 0 Å². The van der Waals surface area contributed by atoms with E-state index in [-0.39, 0.29) is 26.6 Å². The zero-order valence-corrected chi connectivity index (χ0v) is 17.2. The monoisotopic (exact) mass is 482 g/mol. The van der Waals surface area contributed by atoms with Crippen molar-refractivity contribution >= 4 is 39.8 Å². The van der Waals surface area contributed by atoms with E-state index in [0.29, 0.717) is 4.57 Å². The molecule has 0 fully saturated rings. The highest BCUT2D eigenvalue weighted by molar-refractivity contribution is 7.13. The maximum atomic E-state index is 14.5. The molecule has 0 aliphatic heterocycles. The number of aromatic nitrogens is 2. The second-order valence-electron chi connectivity index (χ2n) is 6.45. The van der Waals surface area contributed by atoms with Crippen LogP contribution in [0.25, 0.3) is 16.6 Å². The lowest BCUT2D eigenvalue weighted by atomic mass is 10.2. The zero-order valence-electron chi connectivity index (χ0n) is 15.6. The number of aromatic amines is 1. The lowest BCUT2D eigenvalue weighted by molar-refractivity contribution is 0.0704. The molecule has 7 nitrogen and oxygen atoms in total. The highest BCUT2D eigenvalue weighted by Crippen LogP contribution is 2.25. The van der Waals surface area contributed by atoms with Gasteiger partial charge in [0.1, 0.15) is 28.9 Å². The zero-order chi connectivity index (χ0) is 23.2. The maximum Gasteiger partial charge on any atom is 0.346 e. The third kappa shape index (κ3) is 3.65. The van der Waals surface area contributed by atoms with E-state index in [1.807, 2.05) is 0 Å². The van der Waals surface area contributed by atoms with Crippen LogP contribution in [0.5, 0.6) is 5.75 Å². The van der Waals surface area contributed by atoms with Crippen LogP contribution in [0, 0.1) is 17.5 Å². The van der Waals surface area contributed by atoms with Crippen molar-refractivity contribution in [1.29, 1.82) is 0 Å². The van der Waals surface area contributed by atoms with E-state index in [1.165, 1.54) is 5.38 Å². The third-order valence-corrected chi connectivity index (χ3v) is 5.79. The van der Waals surface area contributed by atoms with Crippen LogP contribution in [0.3, 0.4) is 0 Å². The number of carboxylic acid groups (broad SMARTS) is 1. The molecule has 164 valence electrons. The first-order chi connectivity index (χ1) is 15.2. The molecule has 0 spiro atoms. The molecule has 0 atom stereocenters. The number of rotatable bonds is 5. The Morgan fingerprint density at radius 2 is 1.88 bits per heavy atom. The van der Waals surface area contributed by atoms with Gasteiger partial charge in [0.15, 0.2) is 5.82 Å². The molecule has 2 heterocycles. The number of aromatic carboxylic acids is 1. The topological polar surface area (TPSA) is 101 Å². The summed E-state index contributed by atoms with van der Waals surface area (Å²) >= 11 is 6.37. The standard InChI is InChI=1S/C20H10ClF3N2O5S/c21-10-2-4-11(22)9(16(10)24)6-31-8-1-3-12(23)14(5-8)26-18(27)15-13(25-20(26)30)7-32-17(15)19(28)29/h1-5,7H,6H2,(H,25,30)(H,28,29). The lowest BCUT2D eigenvalue weighted by Gasteiger charge is -2.12. The van der Waals surface area contributed by atoms with Crippen molar-refractivity contribution in [3.63, 3.8) is 0 Å². The molecule has 0 saturated heterocycles. The summed E-state index contributed by atoms with van der Waals surface area (Å²) in [6.45, 7) is -0.610. The number of ether oxygens (including phenoxy) is 1. The summed E-state index contributed by atoms with van der Waals surface area (Å²) in [7, 11) is 0. The number of carboxylic acids is 1. The second kappa shape index (κ2) is 8.17. The number of benzene rings is 2. The number of nitrogens with zero attached hydrogens (tertiary/aromatic N) is 1. The van der Waals surface area contributed by atoms with Crippen molar-refractivity contribution in [2.24, 2.45) is 0 Å². The van der Waals surface area contributed by atoms with Gasteiger partial charge in [0.25, 0.3) is 5.56 Å². The van der Waals surface area contributed by atoms with Gasteiger partial charge in [-0.3, -0.25) is 4.79 Å². The summed E-state index contributed by atoms with van der Waals surface area (Å²) in [6, 6.07) is 4.98. The first-order valence-electron chi connectivity index (χ1n) is 8.74. The van der Waals surface area contributed by atoms with Crippen LogP contribution in [0.15, 0.2) is 45.3 Å². The van der Waals surface area contributed by atoms with E-state index in [2.05, 4.69) is 4.98 Å². The summed E-state index contributed by atoms with van der Waals surface area (Å²) in [4.78, 5) is 38.7. The summed E-state index contributed by atoms with van der Waals surface area (Å²) in [5.74, 6) is -4.42. The van der Waals surface area contributed by atoms with Crippen LogP contribution in [0.4, 0.5) is 13.2 Å². The summed E-state index contributed by atoms with van der Waals surface area (Å²) < 4.78 is 48.2. The van der Waals surface area contributed by atoms with Gasteiger partial charge in [-0.15, -0.1) is 11.3 Å². The third-order valence-electron chi connectivity index (χ3n) is 4.53. The molecule has 2 aromatic heterocycles. The Kier molecular flexibility index (Phi) is 5.53. The van der Waals surface area contributed by atoms with Gasteiger partial charge in [0, 0.05) is 11.4 Å². The largest absolute Gasteiger partial charge is 0.489 e. The number of carbonyl (C=O) groups is 1. The first kappa shape index (κ1) is 21.7. The Labute approximate surface area is 184 Å². The van der Waals surface area contributed by atoms with Gasteiger partial charge < -0.3 is 14.8 Å². The minimum Gasteiger partial charge on any atom is -0.489 e. The van der Waals surface area contributed by atoms with Crippen LogP contribution >= 0.6 is 22.9 Å². The first-order valence-corrected chi connectivity index (χ1v) is 9.99. The molecule has 0 aliphatic rings. The Morgan fingerprint density at radius 3 is 2.59 bits per heavy atom. The van der Waals surface area contributed by atoms with Crippen molar-refractivity contribution in [2.45, 2.75) is 6.61 Å². The smallest absolute Gasteiger partial charge is 0.346 e. The predicted octanol–water partition coefficient (Wildman–Crippen LogP) is 4.09. The SMILES string of the molecule is O=C(O)c1scc2[nH]c(=O)n(-c3cc(OCc4c(F)ccc(Cl)c4F)ccc3F)c(=O)c12. The van der Waals surface area contributed by atoms with Crippen molar-refractivity contribution < 1.29 is 27.8 Å². The average molecular weight is 483 g/mol. The van der Waals surface area contributed by atoms with Gasteiger partial charge in [0.05, 0.1) is 27.2 Å². The fraction of sp³-hybridized carbons (Fsp3) is 0.0500. The molecule has 0 saturated carbocycles. The number of thiophene rings is 1. The Hall–Kier alpha value is -3.57. The fourth-order valence-corrected chi connectivity index (χ4v) is 4.03. The number of fused-ring (bicyclic) bond motifs is 1. The summed E-state index contributed by atoms with van der Waals surface area (Å²) in [6.07, 6.45) is 0. The fourth-order valence-electron chi connectivity index (χ4n) is 3.02. The minimum absolute atomic E-state index is 0.00151. The molecule has 0 aliphatic carbocycles. The number of nitrogens with one attached hydrogen (secondary N) is 1. The molecule has 0 bridgehead atoms. The molecule has 4 aromatic rings. The second-order valence-corrected chi connectivity index (χ2v) is 7.74. The van der Waals surface area contributed by atoms with Gasteiger partial charge >= 0.3 is 11.7 Å². The molecular formula is C20H10ClF3N2O5S. The van der Waals surface area contributed by atoms with Crippen LogP contribution in [0.1, 0.15) is 15.2 Å². The van der Waals surface area contributed by atoms with Crippen LogP contribution in [-0.2, 0) is 6.61 Å². The van der Waals surface area contributed by atoms with E-state index in [1.54, 1.807) is 0 Å². The van der Waals surface area contributed by atoms with Crippen molar-refractivity contribution in [2.75, 3.05) is 0 Å². The molecule has 2 aromatic carbocycles. The molecule has 4 rings (SSSR count). The maximum absolute atomic E-state index is 14.5. The Balaban J connectivity index is 1.79. The van der Waals surface area contributed by atoms with Crippen LogP contribution in [-0.4, -0.2) is 20.6 Å². The molecule has 0 amide bonds. The van der Waals surface area contributed by atoms with E-state index in [9.17, 15) is 32.7 Å². The van der Waals surface area contributed by atoms with Gasteiger partial charge in [-0.1, -0.05) is 11.6 Å². The van der Waals surface area contributed by atoms with Crippen molar-refractivity contribution in [1.82, 2.24) is 9.55 Å². The molecule has 0 unspecified atom stereocenters. The van der Waals surface area contributed by atoms with Crippen LogP contribution in [0.2, 0.25) is 5.02 Å². The Morgan fingerprint density at radius 1 is 1.16 bits per heavy atom. The van der Waals surface area contributed by atoms with Crippen LogP contribution < -0.4 is 16.0 Å². The number of halogens is 4. The van der Waals surface area contributed by atoms with Gasteiger partial charge in [-0.25, -0.2) is 27.3 Å². The lowest BCUT2D eigenvalue weighted by Crippen LogP contribution is -2.34. The number of hydrogen-bond acceptors (Lipinski definition) is 5. The van der Waals surface area contributed by atoms with E-state index < -0.39 is 52.5 Å². The van der Waals surface area contributed by atoms with Crippen molar-refractivity contribution in [3.05, 3.63) is 89.5 Å². The normalized spacial score (nSPS) is 11.1. The molecule has 0 radical (unpaired) electrons. The van der Waals surface area contributed by atoms with E-state index >= 15 is 0 Å². The van der Waals surface area contributed by atoms with Gasteiger partial charge in [-0.05, 0) is 24.3 Å². The average Bonchev–Trinajstić information content (AvgIpc) is 3.17. The predicted molar refractivity (Wildman–Crippen MR) is 111 cm³/mol. The van der Waals surface area contributed by atoms with Crippen molar-refractivity contribution in [3.8, 4) is 11.4 Å². The molecule has 12 heteroatoms. The summed E-state index contributed by atoms with van der Waals surface area (Å²) in [5, 5.41) is 9.95. The van der Waals surface area contributed by atoms with Gasteiger partial charge in [0.2, 0.25) is 0 Å². The number of hydrogen-bond donors (Lipinski definition) is 2. The molecular weight excluding hydrogens is 473 g/mol. The molecule has 2 N–H and O–H groups in total. The highest BCUT2D eigenvalue weighted by Gasteiger charge is 2.21. The minimum atomic E-state index is -1.39.